The lowest BCUT2D eigenvalue weighted by atomic mass is 10.2. The van der Waals surface area contributed by atoms with Gasteiger partial charge >= 0.3 is 0 Å². The summed E-state index contributed by atoms with van der Waals surface area (Å²) in [6.07, 6.45) is 1.73. The molecule has 1 heterocycles. The molecule has 4 heteroatoms. The van der Waals surface area contributed by atoms with Gasteiger partial charge in [0.25, 0.3) is 5.56 Å². The summed E-state index contributed by atoms with van der Waals surface area (Å²) in [4.78, 5) is 11.4. The van der Waals surface area contributed by atoms with Crippen molar-refractivity contribution in [3.05, 3.63) is 51.9 Å². The van der Waals surface area contributed by atoms with Crippen LogP contribution in [0.2, 0.25) is 0 Å². The summed E-state index contributed by atoms with van der Waals surface area (Å²) >= 11 is 0. The van der Waals surface area contributed by atoms with Gasteiger partial charge in [-0.2, -0.15) is 0 Å². The van der Waals surface area contributed by atoms with Gasteiger partial charge in [0.1, 0.15) is 0 Å². The summed E-state index contributed by atoms with van der Waals surface area (Å²) in [6, 6.07) is 7.89. The van der Waals surface area contributed by atoms with Crippen molar-refractivity contribution in [2.75, 3.05) is 0 Å². The molecule has 4 nitrogen and oxygen atoms in total. The first-order valence-electron chi connectivity index (χ1n) is 4.78. The lowest BCUT2D eigenvalue weighted by Crippen LogP contribution is -2.10. The zero-order valence-electron chi connectivity index (χ0n) is 8.53. The van der Waals surface area contributed by atoms with Crippen molar-refractivity contribution in [1.29, 1.82) is 0 Å². The second-order valence-corrected chi connectivity index (χ2v) is 3.51. The molecular formula is C11H13N3O. The van der Waals surface area contributed by atoms with Crippen LogP contribution >= 0.6 is 0 Å². The van der Waals surface area contributed by atoms with Crippen LogP contribution in [0, 0.1) is 6.92 Å². The van der Waals surface area contributed by atoms with E-state index in [2.05, 4.69) is 5.10 Å². The Morgan fingerprint density at radius 2 is 2.27 bits per heavy atom. The Morgan fingerprint density at radius 1 is 1.47 bits per heavy atom. The highest BCUT2D eigenvalue weighted by molar-refractivity contribution is 5.35. The normalized spacial score (nSPS) is 10.5. The Labute approximate surface area is 87.3 Å². The number of nitrogens with zero attached hydrogens (tertiary/aromatic N) is 1. The molecule has 0 fully saturated rings. The summed E-state index contributed by atoms with van der Waals surface area (Å²) in [5.74, 6) is 0. The second kappa shape index (κ2) is 3.74. The molecule has 0 bridgehead atoms. The molecular weight excluding hydrogens is 190 g/mol. The first-order valence-corrected chi connectivity index (χ1v) is 4.78. The first kappa shape index (κ1) is 9.73. The molecule has 2 aromatic rings. The number of benzene rings is 1. The lowest BCUT2D eigenvalue weighted by Gasteiger charge is -2.02. The predicted octanol–water partition coefficient (Wildman–Crippen LogP) is 0.933. The van der Waals surface area contributed by atoms with Crippen molar-refractivity contribution in [3.8, 4) is 5.69 Å². The van der Waals surface area contributed by atoms with Crippen LogP contribution in [0.25, 0.3) is 5.69 Å². The molecule has 0 unspecified atom stereocenters. The van der Waals surface area contributed by atoms with Gasteiger partial charge in [-0.25, -0.2) is 0 Å². The molecule has 1 aromatic heterocycles. The van der Waals surface area contributed by atoms with E-state index in [-0.39, 0.29) is 12.1 Å². The number of aromatic nitrogens is 2. The quantitative estimate of drug-likeness (QED) is 0.762. The van der Waals surface area contributed by atoms with E-state index in [1.165, 1.54) is 0 Å². The lowest BCUT2D eigenvalue weighted by molar-refractivity contribution is 0.863. The maximum Gasteiger partial charge on any atom is 0.268 e. The van der Waals surface area contributed by atoms with Crippen LogP contribution in [-0.2, 0) is 6.54 Å². The van der Waals surface area contributed by atoms with E-state index < -0.39 is 0 Å². The molecule has 0 amide bonds. The molecule has 2 rings (SSSR count). The van der Waals surface area contributed by atoms with Gasteiger partial charge in [-0.3, -0.25) is 14.6 Å². The van der Waals surface area contributed by atoms with Crippen molar-refractivity contribution in [2.24, 2.45) is 5.73 Å². The van der Waals surface area contributed by atoms with E-state index >= 15 is 0 Å². The highest BCUT2D eigenvalue weighted by Crippen LogP contribution is 2.08. The number of nitrogens with two attached hydrogens (primary N) is 1. The summed E-state index contributed by atoms with van der Waals surface area (Å²) in [6.45, 7) is 2.27. The van der Waals surface area contributed by atoms with Gasteiger partial charge in [0, 0.05) is 12.7 Å². The number of hydrogen-bond acceptors (Lipinski definition) is 2. The Bertz CT molecular complexity index is 525. The first-order chi connectivity index (χ1) is 7.20. The number of rotatable bonds is 2. The number of aromatic amines is 1. The molecule has 0 spiro atoms. The zero-order valence-corrected chi connectivity index (χ0v) is 8.53. The molecule has 0 atom stereocenters. The van der Waals surface area contributed by atoms with E-state index in [0.717, 1.165) is 11.3 Å². The minimum Gasteiger partial charge on any atom is -0.326 e. The number of hydrogen-bond donors (Lipinski definition) is 2. The topological polar surface area (TPSA) is 63.8 Å². The van der Waals surface area contributed by atoms with Crippen LogP contribution < -0.4 is 11.3 Å². The smallest absolute Gasteiger partial charge is 0.268 e. The summed E-state index contributed by atoms with van der Waals surface area (Å²) in [7, 11) is 0. The van der Waals surface area contributed by atoms with E-state index in [1.54, 1.807) is 10.9 Å². The second-order valence-electron chi connectivity index (χ2n) is 3.51. The Hall–Kier alpha value is -1.81. The molecule has 0 saturated carbocycles. The minimum atomic E-state index is -0.126. The standard InChI is InChI=1S/C11H13N3O/c1-8-3-2-4-10(5-8)14-7-9(6-12)11(15)13-14/h2-5,7H,6,12H2,1H3,(H,13,15). The van der Waals surface area contributed by atoms with Gasteiger partial charge in [0.2, 0.25) is 0 Å². The highest BCUT2D eigenvalue weighted by Gasteiger charge is 2.03. The Morgan fingerprint density at radius 3 is 2.87 bits per heavy atom. The molecule has 0 radical (unpaired) electrons. The van der Waals surface area contributed by atoms with Gasteiger partial charge in [0.15, 0.2) is 0 Å². The van der Waals surface area contributed by atoms with Crippen LogP contribution in [0.3, 0.4) is 0 Å². The van der Waals surface area contributed by atoms with Gasteiger partial charge in [0.05, 0.1) is 11.3 Å². The molecule has 15 heavy (non-hydrogen) atoms. The van der Waals surface area contributed by atoms with E-state index in [4.69, 9.17) is 5.73 Å². The summed E-state index contributed by atoms with van der Waals surface area (Å²) in [5.41, 5.74) is 7.99. The zero-order chi connectivity index (χ0) is 10.8. The van der Waals surface area contributed by atoms with Crippen molar-refractivity contribution in [2.45, 2.75) is 13.5 Å². The number of H-pyrrole nitrogens is 1. The van der Waals surface area contributed by atoms with E-state index in [9.17, 15) is 4.79 Å². The maximum atomic E-state index is 11.4. The maximum absolute atomic E-state index is 11.4. The highest BCUT2D eigenvalue weighted by atomic mass is 16.1. The summed E-state index contributed by atoms with van der Waals surface area (Å²) < 4.78 is 1.69. The average molecular weight is 203 g/mol. The fourth-order valence-electron chi connectivity index (χ4n) is 1.49. The van der Waals surface area contributed by atoms with Crippen molar-refractivity contribution in [1.82, 2.24) is 9.78 Å². The third kappa shape index (κ3) is 1.85. The Balaban J connectivity index is 2.50. The SMILES string of the molecule is Cc1cccc(-n2cc(CN)c(=O)[nH]2)c1. The van der Waals surface area contributed by atoms with E-state index in [0.29, 0.717) is 5.56 Å². The average Bonchev–Trinajstić information content (AvgIpc) is 2.60. The van der Waals surface area contributed by atoms with Crippen LogP contribution in [0.15, 0.2) is 35.3 Å². The fraction of sp³-hybridized carbons (Fsp3) is 0.182. The molecule has 78 valence electrons. The molecule has 1 aromatic carbocycles. The Kier molecular flexibility index (Phi) is 2.43. The van der Waals surface area contributed by atoms with E-state index in [1.807, 2.05) is 31.2 Å². The van der Waals surface area contributed by atoms with Gasteiger partial charge in [-0.1, -0.05) is 12.1 Å². The van der Waals surface area contributed by atoms with Gasteiger partial charge in [-0.05, 0) is 24.6 Å². The largest absolute Gasteiger partial charge is 0.326 e. The number of nitrogens with one attached hydrogen (secondary N) is 1. The molecule has 3 N–H and O–H groups in total. The van der Waals surface area contributed by atoms with Crippen LogP contribution in [0.4, 0.5) is 0 Å². The number of aryl methyl sites for hydroxylation is 1. The third-order valence-electron chi connectivity index (χ3n) is 2.30. The predicted molar refractivity (Wildman–Crippen MR) is 59.0 cm³/mol. The van der Waals surface area contributed by atoms with Crippen LogP contribution in [-0.4, -0.2) is 9.78 Å². The minimum absolute atomic E-state index is 0.126. The van der Waals surface area contributed by atoms with Gasteiger partial charge in [-0.15, -0.1) is 0 Å². The molecule has 0 aliphatic heterocycles. The monoisotopic (exact) mass is 203 g/mol. The fourth-order valence-corrected chi connectivity index (χ4v) is 1.49. The summed E-state index contributed by atoms with van der Waals surface area (Å²) in [5, 5.41) is 2.72. The molecule has 0 saturated heterocycles. The van der Waals surface area contributed by atoms with Crippen LogP contribution in [0.5, 0.6) is 0 Å². The van der Waals surface area contributed by atoms with Crippen molar-refractivity contribution >= 4 is 0 Å². The third-order valence-corrected chi connectivity index (χ3v) is 2.30. The van der Waals surface area contributed by atoms with Crippen molar-refractivity contribution in [3.63, 3.8) is 0 Å². The van der Waals surface area contributed by atoms with Gasteiger partial charge < -0.3 is 5.73 Å². The molecule has 0 aliphatic rings. The molecule has 0 aliphatic carbocycles. The van der Waals surface area contributed by atoms with Crippen molar-refractivity contribution < 1.29 is 0 Å². The van der Waals surface area contributed by atoms with Crippen LogP contribution in [0.1, 0.15) is 11.1 Å².